The number of amides is 1. The summed E-state index contributed by atoms with van der Waals surface area (Å²) in [5, 5.41) is 14.4. The van der Waals surface area contributed by atoms with Gasteiger partial charge in [-0.2, -0.15) is 4.68 Å². The monoisotopic (exact) mass is 286 g/mol. The number of carbonyl (C=O) groups excluding carboxylic acids is 1. The van der Waals surface area contributed by atoms with Crippen LogP contribution in [0.15, 0.2) is 30.6 Å². The molecule has 1 amide bonds. The molecule has 2 heterocycles. The van der Waals surface area contributed by atoms with E-state index in [1.165, 1.54) is 11.0 Å². The van der Waals surface area contributed by atoms with Crippen molar-refractivity contribution in [1.82, 2.24) is 30.4 Å². The Labute approximate surface area is 122 Å². The average Bonchev–Trinajstić information content (AvgIpc) is 3.08. The van der Waals surface area contributed by atoms with Crippen molar-refractivity contribution in [3.8, 4) is 5.69 Å². The molecule has 2 aromatic rings. The van der Waals surface area contributed by atoms with Gasteiger partial charge in [-0.25, -0.2) is 0 Å². The highest BCUT2D eigenvalue weighted by molar-refractivity contribution is 5.97. The van der Waals surface area contributed by atoms with E-state index in [-0.39, 0.29) is 5.91 Å². The van der Waals surface area contributed by atoms with E-state index in [0.717, 1.165) is 25.9 Å². The Morgan fingerprint density at radius 1 is 1.38 bits per heavy atom. The van der Waals surface area contributed by atoms with Crippen molar-refractivity contribution < 1.29 is 4.79 Å². The number of piperidine rings is 1. The Hall–Kier alpha value is -2.28. The SMILES string of the molecule is CN[C@H]1CCCN(C(=O)c2ccccc2-n2cnnn2)C1. The van der Waals surface area contributed by atoms with Gasteiger partial charge in [0.25, 0.3) is 5.91 Å². The smallest absolute Gasteiger partial charge is 0.256 e. The molecule has 1 fully saturated rings. The molecule has 0 saturated carbocycles. The molecule has 0 spiro atoms. The molecule has 3 rings (SSSR count). The number of aromatic nitrogens is 4. The number of rotatable bonds is 3. The summed E-state index contributed by atoms with van der Waals surface area (Å²) in [5.74, 6) is 0.0288. The van der Waals surface area contributed by atoms with Crippen molar-refractivity contribution in [3.05, 3.63) is 36.2 Å². The van der Waals surface area contributed by atoms with Gasteiger partial charge >= 0.3 is 0 Å². The number of para-hydroxylation sites is 1. The zero-order valence-corrected chi connectivity index (χ0v) is 11.9. The summed E-state index contributed by atoms with van der Waals surface area (Å²) in [5.41, 5.74) is 1.33. The van der Waals surface area contributed by atoms with Crippen molar-refractivity contribution in [3.63, 3.8) is 0 Å². The van der Waals surface area contributed by atoms with Gasteiger partial charge in [-0.1, -0.05) is 12.1 Å². The number of nitrogens with one attached hydrogen (secondary N) is 1. The van der Waals surface area contributed by atoms with Crippen LogP contribution in [0.2, 0.25) is 0 Å². The van der Waals surface area contributed by atoms with Gasteiger partial charge in [-0.3, -0.25) is 4.79 Å². The van der Waals surface area contributed by atoms with Crippen molar-refractivity contribution >= 4 is 5.91 Å². The minimum Gasteiger partial charge on any atom is -0.337 e. The van der Waals surface area contributed by atoms with E-state index >= 15 is 0 Å². The van der Waals surface area contributed by atoms with E-state index < -0.39 is 0 Å². The zero-order chi connectivity index (χ0) is 14.7. The summed E-state index contributed by atoms with van der Waals surface area (Å²) >= 11 is 0. The highest BCUT2D eigenvalue weighted by Crippen LogP contribution is 2.18. The van der Waals surface area contributed by atoms with Crippen LogP contribution in [0, 0.1) is 0 Å². The van der Waals surface area contributed by atoms with Crippen molar-refractivity contribution in [2.45, 2.75) is 18.9 Å². The molecule has 7 nitrogen and oxygen atoms in total. The van der Waals surface area contributed by atoms with Crippen LogP contribution >= 0.6 is 0 Å². The summed E-state index contributed by atoms with van der Waals surface area (Å²) < 4.78 is 1.52. The summed E-state index contributed by atoms with van der Waals surface area (Å²) in [6, 6.07) is 7.77. The topological polar surface area (TPSA) is 75.9 Å². The van der Waals surface area contributed by atoms with Gasteiger partial charge < -0.3 is 10.2 Å². The fourth-order valence-corrected chi connectivity index (χ4v) is 2.69. The van der Waals surface area contributed by atoms with Crippen LogP contribution in [0.5, 0.6) is 0 Å². The summed E-state index contributed by atoms with van der Waals surface area (Å²) in [4.78, 5) is 14.7. The summed E-state index contributed by atoms with van der Waals surface area (Å²) in [6.07, 6.45) is 3.62. The molecule has 7 heteroatoms. The molecular formula is C14H18N6O. The lowest BCUT2D eigenvalue weighted by molar-refractivity contribution is 0.0698. The van der Waals surface area contributed by atoms with Crippen LogP contribution < -0.4 is 5.32 Å². The molecule has 110 valence electrons. The highest BCUT2D eigenvalue weighted by atomic mass is 16.2. The minimum atomic E-state index is 0.0288. The molecule has 1 aliphatic heterocycles. The van der Waals surface area contributed by atoms with Gasteiger partial charge in [0.05, 0.1) is 11.3 Å². The fraction of sp³-hybridized carbons (Fsp3) is 0.429. The van der Waals surface area contributed by atoms with E-state index in [1.807, 2.05) is 36.2 Å². The lowest BCUT2D eigenvalue weighted by atomic mass is 10.0. The minimum absolute atomic E-state index is 0.0288. The average molecular weight is 286 g/mol. The molecule has 1 aromatic heterocycles. The predicted octanol–water partition coefficient (Wildman–Crippen LogP) is 0.486. The Bertz CT molecular complexity index is 612. The lowest BCUT2D eigenvalue weighted by Crippen LogP contribution is -2.47. The van der Waals surface area contributed by atoms with Crippen molar-refractivity contribution in [1.29, 1.82) is 0 Å². The van der Waals surface area contributed by atoms with Crippen LogP contribution in [0.3, 0.4) is 0 Å². The Morgan fingerprint density at radius 2 is 2.24 bits per heavy atom. The van der Waals surface area contributed by atoms with E-state index in [1.54, 1.807) is 0 Å². The molecule has 0 aliphatic carbocycles. The molecule has 1 atom stereocenters. The molecule has 21 heavy (non-hydrogen) atoms. The third-order valence-electron chi connectivity index (χ3n) is 3.85. The maximum atomic E-state index is 12.8. The maximum absolute atomic E-state index is 12.8. The number of tetrazole rings is 1. The first kappa shape index (κ1) is 13.7. The van der Waals surface area contributed by atoms with E-state index in [4.69, 9.17) is 0 Å². The van der Waals surface area contributed by atoms with Gasteiger partial charge in [-0.15, -0.1) is 5.10 Å². The molecule has 1 aliphatic rings. The van der Waals surface area contributed by atoms with E-state index in [9.17, 15) is 4.79 Å². The molecule has 0 radical (unpaired) electrons. The molecular weight excluding hydrogens is 268 g/mol. The van der Waals surface area contributed by atoms with Gasteiger partial charge in [0.2, 0.25) is 0 Å². The first-order chi connectivity index (χ1) is 10.3. The standard InChI is InChI=1S/C14H18N6O/c1-15-11-5-4-8-19(9-11)14(21)12-6-2-3-7-13(12)20-10-16-17-18-20/h2-3,6-7,10-11,15H,4-5,8-9H2,1H3/t11-/m0/s1. The number of benzene rings is 1. The van der Waals surface area contributed by atoms with Gasteiger partial charge in [0.15, 0.2) is 0 Å². The second kappa shape index (κ2) is 6.01. The molecule has 0 bridgehead atoms. The van der Waals surface area contributed by atoms with Crippen molar-refractivity contribution in [2.24, 2.45) is 0 Å². The molecule has 1 N–H and O–H groups in total. The maximum Gasteiger partial charge on any atom is 0.256 e. The second-order valence-electron chi connectivity index (χ2n) is 5.15. The van der Waals surface area contributed by atoms with Gasteiger partial charge in [0, 0.05) is 19.1 Å². The van der Waals surface area contributed by atoms with Crippen LogP contribution in [-0.4, -0.2) is 57.2 Å². The zero-order valence-electron chi connectivity index (χ0n) is 11.9. The highest BCUT2D eigenvalue weighted by Gasteiger charge is 2.25. The lowest BCUT2D eigenvalue weighted by Gasteiger charge is -2.33. The Balaban J connectivity index is 1.88. The summed E-state index contributed by atoms with van der Waals surface area (Å²) in [6.45, 7) is 1.53. The van der Waals surface area contributed by atoms with Gasteiger partial charge in [0.1, 0.15) is 6.33 Å². The number of hydrogen-bond donors (Lipinski definition) is 1. The third kappa shape index (κ3) is 2.78. The number of carbonyl (C=O) groups is 1. The molecule has 1 aromatic carbocycles. The Kier molecular flexibility index (Phi) is 3.92. The summed E-state index contributed by atoms with van der Waals surface area (Å²) in [7, 11) is 1.94. The number of likely N-dealkylation sites (N-methyl/N-ethyl adjacent to an activating group) is 1. The van der Waals surface area contributed by atoms with E-state index in [0.29, 0.717) is 17.3 Å². The largest absolute Gasteiger partial charge is 0.337 e. The first-order valence-corrected chi connectivity index (χ1v) is 7.08. The van der Waals surface area contributed by atoms with Crippen LogP contribution in [0.1, 0.15) is 23.2 Å². The fourth-order valence-electron chi connectivity index (χ4n) is 2.69. The second-order valence-corrected chi connectivity index (χ2v) is 5.15. The normalized spacial score (nSPS) is 18.7. The number of hydrogen-bond acceptors (Lipinski definition) is 5. The van der Waals surface area contributed by atoms with Gasteiger partial charge in [-0.05, 0) is 42.4 Å². The van der Waals surface area contributed by atoms with Crippen LogP contribution in [-0.2, 0) is 0 Å². The predicted molar refractivity (Wildman–Crippen MR) is 77.1 cm³/mol. The van der Waals surface area contributed by atoms with Crippen LogP contribution in [0.25, 0.3) is 5.69 Å². The third-order valence-corrected chi connectivity index (χ3v) is 3.85. The quantitative estimate of drug-likeness (QED) is 0.888. The Morgan fingerprint density at radius 3 is 3.00 bits per heavy atom. The number of nitrogens with zero attached hydrogens (tertiary/aromatic N) is 5. The van der Waals surface area contributed by atoms with Crippen LogP contribution in [0.4, 0.5) is 0 Å². The molecule has 1 saturated heterocycles. The first-order valence-electron chi connectivity index (χ1n) is 7.08. The van der Waals surface area contributed by atoms with E-state index in [2.05, 4.69) is 20.8 Å². The number of likely N-dealkylation sites (tertiary alicyclic amines) is 1. The molecule has 0 unspecified atom stereocenters. The van der Waals surface area contributed by atoms with Crippen molar-refractivity contribution in [2.75, 3.05) is 20.1 Å².